The van der Waals surface area contributed by atoms with Crippen molar-refractivity contribution in [3.05, 3.63) is 35.1 Å². The molecule has 0 amide bonds. The summed E-state index contributed by atoms with van der Waals surface area (Å²) in [5.41, 5.74) is 3.21. The number of aromatic nitrogens is 1. The molecule has 1 N–H and O–H groups in total. The summed E-state index contributed by atoms with van der Waals surface area (Å²) in [5.74, 6) is 1.49. The zero-order valence-corrected chi connectivity index (χ0v) is 14.6. The van der Waals surface area contributed by atoms with Crippen molar-refractivity contribution >= 4 is 5.82 Å². The lowest BCUT2D eigenvalue weighted by atomic mass is 9.87. The van der Waals surface area contributed by atoms with Crippen LogP contribution in [-0.2, 0) is 17.8 Å². The lowest BCUT2D eigenvalue weighted by Gasteiger charge is -2.35. The number of nitrogens with one attached hydrogen (secondary N) is 1. The Labute approximate surface area is 147 Å². The van der Waals surface area contributed by atoms with Crippen LogP contribution in [0.3, 0.4) is 0 Å². The molecular formula is C19H22N4O2. The lowest BCUT2D eigenvalue weighted by molar-refractivity contribution is -0.0400. The second-order valence-electron chi connectivity index (χ2n) is 7.17. The average molecular weight is 338 g/mol. The maximum absolute atomic E-state index is 9.90. The van der Waals surface area contributed by atoms with Crippen LogP contribution in [0.25, 0.3) is 11.5 Å². The quantitative estimate of drug-likeness (QED) is 0.907. The molecule has 0 aromatic carbocycles. The van der Waals surface area contributed by atoms with Gasteiger partial charge in [-0.3, -0.25) is 0 Å². The van der Waals surface area contributed by atoms with Gasteiger partial charge in [-0.1, -0.05) is 0 Å². The van der Waals surface area contributed by atoms with E-state index in [-0.39, 0.29) is 5.60 Å². The second-order valence-corrected chi connectivity index (χ2v) is 7.17. The van der Waals surface area contributed by atoms with Gasteiger partial charge in [0.25, 0.3) is 0 Å². The average Bonchev–Trinajstić information content (AvgIpc) is 3.14. The summed E-state index contributed by atoms with van der Waals surface area (Å²) in [6, 6.07) is 6.19. The topological polar surface area (TPSA) is 74.3 Å². The molecular weight excluding hydrogens is 316 g/mol. The summed E-state index contributed by atoms with van der Waals surface area (Å²) in [4.78, 5) is 7.07. The van der Waals surface area contributed by atoms with E-state index in [2.05, 4.69) is 30.1 Å². The van der Waals surface area contributed by atoms with E-state index in [4.69, 9.17) is 14.1 Å². The number of nitriles is 1. The Kier molecular flexibility index (Phi) is 3.98. The van der Waals surface area contributed by atoms with Crippen molar-refractivity contribution in [3.8, 4) is 17.5 Å². The van der Waals surface area contributed by atoms with E-state index in [0.717, 1.165) is 54.6 Å². The van der Waals surface area contributed by atoms with E-state index < -0.39 is 0 Å². The van der Waals surface area contributed by atoms with Gasteiger partial charge in [0.15, 0.2) is 5.76 Å². The molecule has 1 fully saturated rings. The second kappa shape index (κ2) is 6.17. The zero-order chi connectivity index (χ0) is 17.4. The Morgan fingerprint density at radius 3 is 2.76 bits per heavy atom. The fourth-order valence-corrected chi connectivity index (χ4v) is 3.59. The minimum Gasteiger partial charge on any atom is -0.463 e. The smallest absolute Gasteiger partial charge is 0.152 e. The highest BCUT2D eigenvalue weighted by molar-refractivity contribution is 5.70. The Hall–Kier alpha value is -2.36. The van der Waals surface area contributed by atoms with E-state index in [9.17, 15) is 5.26 Å². The first-order chi connectivity index (χ1) is 12.1. The highest BCUT2D eigenvalue weighted by atomic mass is 16.5. The first kappa shape index (κ1) is 16.1. The van der Waals surface area contributed by atoms with Gasteiger partial charge >= 0.3 is 0 Å². The number of rotatable bonds is 2. The van der Waals surface area contributed by atoms with Crippen molar-refractivity contribution in [2.24, 2.45) is 0 Å². The van der Waals surface area contributed by atoms with Crippen molar-refractivity contribution in [2.45, 2.75) is 32.5 Å². The minimum atomic E-state index is -0.291. The van der Waals surface area contributed by atoms with Crippen LogP contribution in [0.4, 0.5) is 5.82 Å². The normalized spacial score (nSPS) is 19.3. The first-order valence-electron chi connectivity index (χ1n) is 8.68. The molecule has 0 saturated carbocycles. The van der Waals surface area contributed by atoms with Crippen LogP contribution in [0.5, 0.6) is 0 Å². The molecule has 6 heteroatoms. The summed E-state index contributed by atoms with van der Waals surface area (Å²) >= 11 is 0. The number of furan rings is 1. The van der Waals surface area contributed by atoms with E-state index in [1.807, 2.05) is 12.1 Å². The van der Waals surface area contributed by atoms with Crippen LogP contribution in [0, 0.1) is 11.3 Å². The molecule has 0 spiro atoms. The Morgan fingerprint density at radius 2 is 2.08 bits per heavy atom. The summed E-state index contributed by atoms with van der Waals surface area (Å²) in [6.07, 6.45) is 2.35. The van der Waals surface area contributed by atoms with E-state index in [1.165, 1.54) is 0 Å². The molecule has 0 atom stereocenters. The zero-order valence-electron chi connectivity index (χ0n) is 14.6. The summed E-state index contributed by atoms with van der Waals surface area (Å²) < 4.78 is 11.6. The Morgan fingerprint density at radius 1 is 1.28 bits per heavy atom. The standard InChI is InChI=1S/C19H22N4O2/c1-19(2)10-13-14(11-20)18(23-7-5-21-6-8-23)22-17(15(13)12-25-19)16-4-3-9-24-16/h3-4,9,21H,5-8,10,12H2,1-2H3. The van der Waals surface area contributed by atoms with Crippen molar-refractivity contribution in [1.82, 2.24) is 10.3 Å². The van der Waals surface area contributed by atoms with Crippen molar-refractivity contribution in [2.75, 3.05) is 31.1 Å². The predicted octanol–water partition coefficient (Wildman–Crippen LogP) is 2.47. The van der Waals surface area contributed by atoms with Gasteiger partial charge in [-0.15, -0.1) is 0 Å². The van der Waals surface area contributed by atoms with E-state index in [0.29, 0.717) is 18.6 Å². The van der Waals surface area contributed by atoms with Crippen molar-refractivity contribution in [3.63, 3.8) is 0 Å². The molecule has 2 aromatic heterocycles. The maximum Gasteiger partial charge on any atom is 0.152 e. The van der Waals surface area contributed by atoms with Gasteiger partial charge in [-0.25, -0.2) is 4.98 Å². The van der Waals surface area contributed by atoms with Gasteiger partial charge in [-0.2, -0.15) is 5.26 Å². The van der Waals surface area contributed by atoms with Crippen LogP contribution in [0.1, 0.15) is 30.5 Å². The number of pyridine rings is 1. The fourth-order valence-electron chi connectivity index (χ4n) is 3.59. The number of fused-ring (bicyclic) bond motifs is 1. The van der Waals surface area contributed by atoms with E-state index in [1.54, 1.807) is 6.26 Å². The molecule has 1 saturated heterocycles. The van der Waals surface area contributed by atoms with Crippen LogP contribution in [0.2, 0.25) is 0 Å². The lowest BCUT2D eigenvalue weighted by Crippen LogP contribution is -2.44. The molecule has 4 heterocycles. The molecule has 6 nitrogen and oxygen atoms in total. The SMILES string of the molecule is CC1(C)Cc2c(C#N)c(N3CCNCC3)nc(-c3ccco3)c2CO1. The summed E-state index contributed by atoms with van der Waals surface area (Å²) in [5, 5.41) is 13.2. The highest BCUT2D eigenvalue weighted by Gasteiger charge is 2.33. The maximum atomic E-state index is 9.90. The number of hydrogen-bond acceptors (Lipinski definition) is 6. The number of anilines is 1. The number of piperazine rings is 1. The van der Waals surface area contributed by atoms with Crippen LogP contribution in [0.15, 0.2) is 22.8 Å². The fraction of sp³-hybridized carbons (Fsp3) is 0.474. The van der Waals surface area contributed by atoms with E-state index >= 15 is 0 Å². The molecule has 130 valence electrons. The number of ether oxygens (including phenoxy) is 1. The van der Waals surface area contributed by atoms with Gasteiger partial charge in [0.1, 0.15) is 17.6 Å². The minimum absolute atomic E-state index is 0.291. The molecule has 0 unspecified atom stereocenters. The molecule has 0 aliphatic carbocycles. The van der Waals surface area contributed by atoms with Gasteiger partial charge in [0.2, 0.25) is 0 Å². The largest absolute Gasteiger partial charge is 0.463 e. The Bertz CT molecular complexity index is 815. The van der Waals surface area contributed by atoms with Gasteiger partial charge in [0.05, 0.1) is 24.0 Å². The molecule has 0 bridgehead atoms. The number of nitrogens with zero attached hydrogens (tertiary/aromatic N) is 3. The molecule has 0 radical (unpaired) electrons. The third kappa shape index (κ3) is 2.90. The third-order valence-corrected chi connectivity index (χ3v) is 4.89. The van der Waals surface area contributed by atoms with Gasteiger partial charge in [-0.05, 0) is 31.5 Å². The van der Waals surface area contributed by atoms with Gasteiger partial charge < -0.3 is 19.4 Å². The highest BCUT2D eigenvalue weighted by Crippen LogP contribution is 2.38. The summed E-state index contributed by atoms with van der Waals surface area (Å²) in [7, 11) is 0. The van der Waals surface area contributed by atoms with Crippen LogP contribution < -0.4 is 10.2 Å². The predicted molar refractivity (Wildman–Crippen MR) is 94.3 cm³/mol. The van der Waals surface area contributed by atoms with Crippen molar-refractivity contribution < 1.29 is 9.15 Å². The summed E-state index contributed by atoms with van der Waals surface area (Å²) in [6.45, 7) is 8.06. The van der Waals surface area contributed by atoms with Gasteiger partial charge in [0, 0.05) is 38.2 Å². The molecule has 2 aliphatic rings. The molecule has 2 aromatic rings. The van der Waals surface area contributed by atoms with Crippen LogP contribution >= 0.6 is 0 Å². The third-order valence-electron chi connectivity index (χ3n) is 4.89. The molecule has 25 heavy (non-hydrogen) atoms. The monoisotopic (exact) mass is 338 g/mol. The van der Waals surface area contributed by atoms with Crippen molar-refractivity contribution in [1.29, 1.82) is 5.26 Å². The Balaban J connectivity index is 1.92. The first-order valence-corrected chi connectivity index (χ1v) is 8.68. The van der Waals surface area contributed by atoms with Crippen LogP contribution in [-0.4, -0.2) is 36.8 Å². The molecule has 2 aliphatic heterocycles. The number of hydrogen-bond donors (Lipinski definition) is 1. The molecule has 4 rings (SSSR count).